The van der Waals surface area contributed by atoms with Gasteiger partial charge in [0, 0.05) is 0 Å². The van der Waals surface area contributed by atoms with Crippen LogP contribution in [0.1, 0.15) is 34.1 Å². The summed E-state index contributed by atoms with van der Waals surface area (Å²) in [5, 5.41) is 20.7. The predicted molar refractivity (Wildman–Crippen MR) is 59.9 cm³/mol. The quantitative estimate of drug-likeness (QED) is 0.625. The second kappa shape index (κ2) is 6.48. The number of rotatable bonds is 6. The molecule has 0 heterocycles. The van der Waals surface area contributed by atoms with E-state index < -0.39 is 24.0 Å². The molecular weight excluding hydrogens is 210 g/mol. The molecule has 0 bridgehead atoms. The van der Waals surface area contributed by atoms with E-state index in [0.717, 1.165) is 0 Å². The van der Waals surface area contributed by atoms with Crippen molar-refractivity contribution in [1.29, 1.82) is 0 Å². The minimum Gasteiger partial charge on any atom is -0.480 e. The Morgan fingerprint density at radius 2 is 1.69 bits per heavy atom. The van der Waals surface area contributed by atoms with Crippen molar-refractivity contribution in [3.63, 3.8) is 0 Å². The number of aliphatic carboxylic acids is 1. The molecule has 0 aliphatic heterocycles. The van der Waals surface area contributed by atoms with Crippen LogP contribution >= 0.6 is 0 Å². The van der Waals surface area contributed by atoms with Crippen LogP contribution in [0.3, 0.4) is 0 Å². The second-order valence-corrected chi connectivity index (χ2v) is 4.72. The molecule has 0 radical (unpaired) electrons. The van der Waals surface area contributed by atoms with Crippen molar-refractivity contribution in [2.75, 3.05) is 0 Å². The molecule has 0 aliphatic rings. The molecular formula is C11H21NO4. The van der Waals surface area contributed by atoms with Crippen LogP contribution in [0.2, 0.25) is 0 Å². The van der Waals surface area contributed by atoms with E-state index in [0.29, 0.717) is 6.42 Å². The van der Waals surface area contributed by atoms with Gasteiger partial charge in [-0.15, -0.1) is 0 Å². The van der Waals surface area contributed by atoms with Crippen molar-refractivity contribution in [2.45, 2.75) is 46.3 Å². The Morgan fingerprint density at radius 3 is 2.00 bits per heavy atom. The van der Waals surface area contributed by atoms with Crippen molar-refractivity contribution in [3.05, 3.63) is 0 Å². The summed E-state index contributed by atoms with van der Waals surface area (Å²) < 4.78 is 0. The zero-order chi connectivity index (χ0) is 12.9. The highest BCUT2D eigenvalue weighted by Gasteiger charge is 2.25. The number of nitrogens with one attached hydrogen (secondary N) is 1. The molecule has 0 aliphatic carbocycles. The summed E-state index contributed by atoms with van der Waals surface area (Å²) in [5.74, 6) is -1.76. The van der Waals surface area contributed by atoms with Gasteiger partial charge in [-0.1, -0.05) is 27.7 Å². The highest BCUT2D eigenvalue weighted by atomic mass is 16.4. The molecule has 0 aromatic heterocycles. The topological polar surface area (TPSA) is 86.6 Å². The maximum absolute atomic E-state index is 11.5. The van der Waals surface area contributed by atoms with Gasteiger partial charge < -0.3 is 15.5 Å². The largest absolute Gasteiger partial charge is 0.480 e. The Hall–Kier alpha value is -1.10. The Labute approximate surface area is 95.9 Å². The number of aliphatic hydroxyl groups excluding tert-OH is 1. The van der Waals surface area contributed by atoms with Crippen LogP contribution in [0.4, 0.5) is 0 Å². The highest BCUT2D eigenvalue weighted by Crippen LogP contribution is 2.07. The number of carboxylic acid groups (broad SMARTS) is 1. The zero-order valence-electron chi connectivity index (χ0n) is 10.2. The smallest absolute Gasteiger partial charge is 0.326 e. The van der Waals surface area contributed by atoms with Gasteiger partial charge in [0.15, 0.2) is 0 Å². The maximum atomic E-state index is 11.5. The summed E-state index contributed by atoms with van der Waals surface area (Å²) in [5.41, 5.74) is 0. The summed E-state index contributed by atoms with van der Waals surface area (Å²) in [6, 6.07) is -0.930. The van der Waals surface area contributed by atoms with E-state index in [1.807, 2.05) is 13.8 Å². The molecule has 3 N–H and O–H groups in total. The molecule has 1 amide bonds. The second-order valence-electron chi connectivity index (χ2n) is 4.72. The first-order valence-electron chi connectivity index (χ1n) is 5.47. The van der Waals surface area contributed by atoms with Gasteiger partial charge in [-0.25, -0.2) is 4.79 Å². The Morgan fingerprint density at radius 1 is 1.19 bits per heavy atom. The van der Waals surface area contributed by atoms with Crippen LogP contribution in [-0.2, 0) is 9.59 Å². The summed E-state index contributed by atoms with van der Waals surface area (Å²) in [6.45, 7) is 7.15. The van der Waals surface area contributed by atoms with Gasteiger partial charge >= 0.3 is 5.97 Å². The number of aliphatic hydroxyl groups is 1. The van der Waals surface area contributed by atoms with Gasteiger partial charge in [-0.05, 0) is 18.3 Å². The summed E-state index contributed by atoms with van der Waals surface area (Å²) >= 11 is 0. The first kappa shape index (κ1) is 14.9. The number of hydrogen-bond acceptors (Lipinski definition) is 3. The van der Waals surface area contributed by atoms with E-state index in [1.165, 1.54) is 0 Å². The van der Waals surface area contributed by atoms with Crippen molar-refractivity contribution >= 4 is 11.9 Å². The molecule has 0 rings (SSSR count). The first-order chi connectivity index (χ1) is 7.25. The number of carbonyl (C=O) groups excluding carboxylic acids is 1. The number of amides is 1. The van der Waals surface area contributed by atoms with E-state index in [-0.39, 0.29) is 11.8 Å². The van der Waals surface area contributed by atoms with Crippen molar-refractivity contribution in [3.8, 4) is 0 Å². The van der Waals surface area contributed by atoms with Gasteiger partial charge in [0.2, 0.25) is 5.91 Å². The lowest BCUT2D eigenvalue weighted by Crippen LogP contribution is -2.47. The van der Waals surface area contributed by atoms with Gasteiger partial charge in [0.1, 0.15) is 12.1 Å². The number of hydrogen-bond donors (Lipinski definition) is 3. The fourth-order valence-electron chi connectivity index (χ4n) is 1.25. The Balaban J connectivity index is 4.40. The summed E-state index contributed by atoms with van der Waals surface area (Å²) in [6.07, 6.45) is -0.805. The lowest BCUT2D eigenvalue weighted by molar-refractivity contribution is -0.144. The molecule has 0 fully saturated rings. The first-order valence-corrected chi connectivity index (χ1v) is 5.47. The van der Waals surface area contributed by atoms with Crippen molar-refractivity contribution < 1.29 is 19.8 Å². The lowest BCUT2D eigenvalue weighted by atomic mass is 10.0. The lowest BCUT2D eigenvalue weighted by Gasteiger charge is -2.20. The summed E-state index contributed by atoms with van der Waals surface area (Å²) in [7, 11) is 0. The molecule has 94 valence electrons. The normalized spacial score (nSPS) is 14.9. The van der Waals surface area contributed by atoms with E-state index in [4.69, 9.17) is 5.11 Å². The van der Waals surface area contributed by atoms with Crippen LogP contribution in [0.15, 0.2) is 0 Å². The third-order valence-electron chi connectivity index (χ3n) is 2.22. The monoisotopic (exact) mass is 231 g/mol. The van der Waals surface area contributed by atoms with Crippen LogP contribution in [0.5, 0.6) is 0 Å². The minimum atomic E-state index is -1.16. The van der Waals surface area contributed by atoms with Crippen LogP contribution in [0, 0.1) is 11.8 Å². The van der Waals surface area contributed by atoms with Crippen molar-refractivity contribution in [1.82, 2.24) is 5.32 Å². The van der Waals surface area contributed by atoms with E-state index in [2.05, 4.69) is 5.32 Å². The fourth-order valence-corrected chi connectivity index (χ4v) is 1.25. The third-order valence-corrected chi connectivity index (χ3v) is 2.22. The van der Waals surface area contributed by atoms with Gasteiger partial charge in [-0.2, -0.15) is 0 Å². The van der Waals surface area contributed by atoms with Gasteiger partial charge in [-0.3, -0.25) is 4.79 Å². The van der Waals surface area contributed by atoms with E-state index in [9.17, 15) is 14.7 Å². The molecule has 5 nitrogen and oxygen atoms in total. The average Bonchev–Trinajstić information content (AvgIpc) is 2.14. The van der Waals surface area contributed by atoms with Crippen LogP contribution in [-0.4, -0.2) is 34.2 Å². The minimum absolute atomic E-state index is 0.164. The van der Waals surface area contributed by atoms with Crippen LogP contribution < -0.4 is 5.32 Å². The molecule has 0 saturated carbocycles. The number of carbonyl (C=O) groups is 2. The molecule has 0 unspecified atom stereocenters. The SMILES string of the molecule is CC(C)C[C@@H](NC(=O)[C@H](O)C(C)C)C(=O)O. The Kier molecular flexibility index (Phi) is 6.03. The zero-order valence-corrected chi connectivity index (χ0v) is 10.2. The van der Waals surface area contributed by atoms with Gasteiger partial charge in [0.25, 0.3) is 0 Å². The molecule has 5 heteroatoms. The molecule has 0 spiro atoms. The van der Waals surface area contributed by atoms with Crippen molar-refractivity contribution in [2.24, 2.45) is 11.8 Å². The average molecular weight is 231 g/mol. The predicted octanol–water partition coefficient (Wildman–Crippen LogP) is 0.619. The summed E-state index contributed by atoms with van der Waals surface area (Å²) in [4.78, 5) is 22.3. The van der Waals surface area contributed by atoms with Gasteiger partial charge in [0.05, 0.1) is 0 Å². The molecule has 16 heavy (non-hydrogen) atoms. The number of carboxylic acids is 1. The molecule has 2 atom stereocenters. The highest BCUT2D eigenvalue weighted by molar-refractivity contribution is 5.86. The Bertz CT molecular complexity index is 250. The molecule has 0 aromatic carbocycles. The maximum Gasteiger partial charge on any atom is 0.326 e. The van der Waals surface area contributed by atoms with E-state index >= 15 is 0 Å². The van der Waals surface area contributed by atoms with Crippen LogP contribution in [0.25, 0.3) is 0 Å². The molecule has 0 saturated heterocycles. The van der Waals surface area contributed by atoms with E-state index in [1.54, 1.807) is 13.8 Å². The fraction of sp³-hybridized carbons (Fsp3) is 0.818. The molecule has 0 aromatic rings. The standard InChI is InChI=1S/C11H21NO4/c1-6(2)5-8(11(15)16)12-10(14)9(13)7(3)4/h6-9,13H,5H2,1-4H3,(H,12,14)(H,15,16)/t8-,9-/m1/s1. The third kappa shape index (κ3) is 5.11.